The van der Waals surface area contributed by atoms with Crippen molar-refractivity contribution in [1.82, 2.24) is 4.90 Å². The minimum atomic E-state index is -2.36. The number of fused-ring (bicyclic) bond motifs is 1. The van der Waals surface area contributed by atoms with Crippen molar-refractivity contribution < 1.29 is 8.78 Å². The van der Waals surface area contributed by atoms with Crippen LogP contribution in [0.2, 0.25) is 0 Å². The highest BCUT2D eigenvalue weighted by molar-refractivity contribution is 4.99. The monoisotopic (exact) mass is 201 g/mol. The fourth-order valence-corrected chi connectivity index (χ4v) is 3.12. The molecule has 0 aromatic rings. The van der Waals surface area contributed by atoms with Gasteiger partial charge in [-0.15, -0.1) is 0 Å². The van der Waals surface area contributed by atoms with Crippen LogP contribution in [0.5, 0.6) is 0 Å². The van der Waals surface area contributed by atoms with Crippen molar-refractivity contribution in [3.8, 4) is 0 Å². The molecule has 0 bridgehead atoms. The van der Waals surface area contributed by atoms with Crippen LogP contribution >= 0.6 is 0 Å². The topological polar surface area (TPSA) is 3.24 Å². The van der Waals surface area contributed by atoms with Crippen molar-refractivity contribution in [3.05, 3.63) is 0 Å². The van der Waals surface area contributed by atoms with Gasteiger partial charge in [0.05, 0.1) is 0 Å². The van der Waals surface area contributed by atoms with E-state index in [1.807, 2.05) is 0 Å². The molecule has 0 unspecified atom stereocenters. The molecule has 2 saturated carbocycles. The summed E-state index contributed by atoms with van der Waals surface area (Å²) >= 11 is 0. The summed E-state index contributed by atoms with van der Waals surface area (Å²) in [5.74, 6) is -0.506. The smallest absolute Gasteiger partial charge is 0.248 e. The Morgan fingerprint density at radius 1 is 1.00 bits per heavy atom. The maximum Gasteiger partial charge on any atom is 0.248 e. The second kappa shape index (κ2) is 2.91. The van der Waals surface area contributed by atoms with Gasteiger partial charge in [-0.25, -0.2) is 8.78 Å². The highest BCUT2D eigenvalue weighted by atomic mass is 19.3. The van der Waals surface area contributed by atoms with Crippen LogP contribution < -0.4 is 0 Å². The fourth-order valence-electron chi connectivity index (χ4n) is 3.12. The second-order valence-electron chi connectivity index (χ2n) is 5.30. The minimum absolute atomic E-state index is 0.115. The largest absolute Gasteiger partial charge is 0.300 e. The van der Waals surface area contributed by atoms with Crippen LogP contribution in [-0.2, 0) is 0 Å². The van der Waals surface area contributed by atoms with Gasteiger partial charge in [-0.2, -0.15) is 0 Å². The molecule has 1 aliphatic heterocycles. The van der Waals surface area contributed by atoms with Crippen molar-refractivity contribution in [3.63, 3.8) is 0 Å². The Morgan fingerprint density at radius 3 is 2.14 bits per heavy atom. The van der Waals surface area contributed by atoms with E-state index in [-0.39, 0.29) is 12.8 Å². The van der Waals surface area contributed by atoms with Crippen molar-refractivity contribution >= 4 is 0 Å². The predicted octanol–water partition coefficient (Wildman–Crippen LogP) is 2.52. The van der Waals surface area contributed by atoms with E-state index in [2.05, 4.69) is 4.90 Å². The summed E-state index contributed by atoms with van der Waals surface area (Å²) in [6.07, 6.45) is 3.06. The molecule has 3 rings (SSSR count). The Labute approximate surface area is 83.5 Å². The highest BCUT2D eigenvalue weighted by Crippen LogP contribution is 2.47. The number of nitrogens with zero attached hydrogens (tertiary/aromatic N) is 1. The Morgan fingerprint density at radius 2 is 1.57 bits per heavy atom. The molecule has 3 heteroatoms. The summed E-state index contributed by atoms with van der Waals surface area (Å²) in [7, 11) is 0. The zero-order valence-corrected chi connectivity index (χ0v) is 8.38. The lowest BCUT2D eigenvalue weighted by molar-refractivity contribution is -0.0525. The average Bonchev–Trinajstić information content (AvgIpc) is 2.74. The van der Waals surface area contributed by atoms with Gasteiger partial charge < -0.3 is 0 Å². The van der Waals surface area contributed by atoms with Crippen LogP contribution in [0.4, 0.5) is 8.78 Å². The van der Waals surface area contributed by atoms with Gasteiger partial charge in [0, 0.05) is 32.0 Å². The third kappa shape index (κ3) is 1.56. The first-order valence-corrected chi connectivity index (χ1v) is 5.76. The lowest BCUT2D eigenvalue weighted by atomic mass is 9.91. The molecule has 80 valence electrons. The fraction of sp³-hybridized carbons (Fsp3) is 1.00. The van der Waals surface area contributed by atoms with Crippen LogP contribution in [0.1, 0.15) is 32.1 Å². The summed E-state index contributed by atoms with van der Waals surface area (Å²) in [6, 6.07) is 0.474. The first-order valence-electron chi connectivity index (χ1n) is 5.76. The van der Waals surface area contributed by atoms with Crippen molar-refractivity contribution in [2.75, 3.05) is 13.1 Å². The van der Waals surface area contributed by atoms with Crippen LogP contribution in [-0.4, -0.2) is 30.0 Å². The van der Waals surface area contributed by atoms with Gasteiger partial charge in [0.1, 0.15) is 0 Å². The van der Waals surface area contributed by atoms with Crippen molar-refractivity contribution in [1.29, 1.82) is 0 Å². The maximum absolute atomic E-state index is 12.9. The average molecular weight is 201 g/mol. The SMILES string of the molecule is FC1(F)CCC(N2C[C@H]3C[C@H]3C2)CC1. The summed E-state index contributed by atoms with van der Waals surface area (Å²) in [5.41, 5.74) is 0. The maximum atomic E-state index is 12.9. The molecule has 0 aromatic heterocycles. The Hall–Kier alpha value is -0.180. The van der Waals surface area contributed by atoms with Gasteiger partial charge in [-0.3, -0.25) is 4.90 Å². The molecule has 0 N–H and O–H groups in total. The number of hydrogen-bond donors (Lipinski definition) is 0. The molecule has 0 radical (unpaired) electrons. The molecule has 0 amide bonds. The molecule has 3 aliphatic rings. The standard InChI is InChI=1S/C11H17F2N/c12-11(13)3-1-10(2-4-11)14-6-8-5-9(8)7-14/h8-10H,1-7H2/t8-,9+. The van der Waals surface area contributed by atoms with Crippen molar-refractivity contribution in [2.45, 2.75) is 44.1 Å². The second-order valence-corrected chi connectivity index (χ2v) is 5.30. The van der Waals surface area contributed by atoms with Gasteiger partial charge in [-0.1, -0.05) is 0 Å². The van der Waals surface area contributed by atoms with Crippen LogP contribution in [0, 0.1) is 11.8 Å². The molecule has 0 aromatic carbocycles. The molecule has 14 heavy (non-hydrogen) atoms. The lowest BCUT2D eigenvalue weighted by Crippen LogP contribution is -2.40. The Balaban J connectivity index is 1.55. The third-order valence-corrected chi connectivity index (χ3v) is 4.21. The van der Waals surface area contributed by atoms with Crippen LogP contribution in [0.25, 0.3) is 0 Å². The molecule has 0 spiro atoms. The summed E-state index contributed by atoms with van der Waals surface area (Å²) in [5, 5.41) is 0. The summed E-state index contributed by atoms with van der Waals surface area (Å²) < 4.78 is 25.9. The zero-order chi connectivity index (χ0) is 9.76. The van der Waals surface area contributed by atoms with Crippen molar-refractivity contribution in [2.24, 2.45) is 11.8 Å². The van der Waals surface area contributed by atoms with Gasteiger partial charge in [0.25, 0.3) is 0 Å². The molecule has 2 atom stereocenters. The summed E-state index contributed by atoms with van der Waals surface area (Å²) in [6.45, 7) is 2.39. The van der Waals surface area contributed by atoms with E-state index in [9.17, 15) is 8.78 Å². The number of likely N-dealkylation sites (tertiary alicyclic amines) is 1. The Kier molecular flexibility index (Phi) is 1.88. The molecular weight excluding hydrogens is 184 g/mol. The molecule has 1 heterocycles. The highest BCUT2D eigenvalue weighted by Gasteiger charge is 2.48. The molecule has 1 nitrogen and oxygen atoms in total. The van der Waals surface area contributed by atoms with E-state index in [0.717, 1.165) is 11.8 Å². The molecule has 2 aliphatic carbocycles. The number of piperidine rings is 1. The van der Waals surface area contributed by atoms with E-state index in [1.54, 1.807) is 0 Å². The first kappa shape index (κ1) is 9.08. The van der Waals surface area contributed by atoms with Gasteiger partial charge in [0.2, 0.25) is 5.92 Å². The molecular formula is C11H17F2N. The first-order chi connectivity index (χ1) is 6.64. The van der Waals surface area contributed by atoms with Gasteiger partial charge in [0.15, 0.2) is 0 Å². The predicted molar refractivity (Wildman–Crippen MR) is 50.4 cm³/mol. The number of hydrogen-bond acceptors (Lipinski definition) is 1. The van der Waals surface area contributed by atoms with Gasteiger partial charge >= 0.3 is 0 Å². The normalized spacial score (nSPS) is 42.4. The number of alkyl halides is 2. The van der Waals surface area contributed by atoms with E-state index in [1.165, 1.54) is 19.5 Å². The molecule has 3 fully saturated rings. The lowest BCUT2D eigenvalue weighted by Gasteiger charge is -2.35. The van der Waals surface area contributed by atoms with Gasteiger partial charge in [-0.05, 0) is 31.1 Å². The number of rotatable bonds is 1. The third-order valence-electron chi connectivity index (χ3n) is 4.21. The van der Waals surface area contributed by atoms with Crippen LogP contribution in [0.3, 0.4) is 0 Å². The molecule has 1 saturated heterocycles. The van der Waals surface area contributed by atoms with E-state index >= 15 is 0 Å². The minimum Gasteiger partial charge on any atom is -0.300 e. The summed E-state index contributed by atoms with van der Waals surface area (Å²) in [4.78, 5) is 2.47. The Bertz CT molecular complexity index is 221. The quantitative estimate of drug-likeness (QED) is 0.630. The zero-order valence-electron chi connectivity index (χ0n) is 8.38. The van der Waals surface area contributed by atoms with Crippen LogP contribution in [0.15, 0.2) is 0 Å². The van der Waals surface area contributed by atoms with E-state index < -0.39 is 5.92 Å². The van der Waals surface area contributed by atoms with E-state index in [4.69, 9.17) is 0 Å². The van der Waals surface area contributed by atoms with E-state index in [0.29, 0.717) is 18.9 Å². The number of halogens is 2.